The summed E-state index contributed by atoms with van der Waals surface area (Å²) in [4.78, 5) is 12.5. The van der Waals surface area contributed by atoms with Crippen molar-refractivity contribution in [3.63, 3.8) is 0 Å². The molecule has 1 atom stereocenters. The zero-order valence-electron chi connectivity index (χ0n) is 5.37. The van der Waals surface area contributed by atoms with Crippen molar-refractivity contribution in [2.75, 3.05) is 7.05 Å². The predicted octanol–water partition coefficient (Wildman–Crippen LogP) is -0.0672. The minimum absolute atomic E-state index is 0.112. The first kappa shape index (κ1) is 6.91. The average molecular weight is 178 g/mol. The Hall–Kier alpha value is -0.207. The van der Waals surface area contributed by atoms with E-state index in [9.17, 15) is 4.79 Å². The fraction of sp³-hybridized carbons (Fsp3) is 0.400. The Morgan fingerprint density at radius 2 is 2.56 bits per heavy atom. The van der Waals surface area contributed by atoms with Gasteiger partial charge in [-0.15, -0.1) is 0 Å². The van der Waals surface area contributed by atoms with Gasteiger partial charge in [0.25, 0.3) is 0 Å². The monoisotopic (exact) mass is 176 g/mol. The summed E-state index contributed by atoms with van der Waals surface area (Å²) in [5.41, 5.74) is 5.54. The second kappa shape index (κ2) is 2.59. The molecule has 0 aliphatic carbocycles. The molecule has 1 aliphatic rings. The van der Waals surface area contributed by atoms with E-state index in [0.29, 0.717) is 0 Å². The third kappa shape index (κ3) is 1.60. The van der Waals surface area contributed by atoms with E-state index in [1.54, 1.807) is 18.1 Å². The molecule has 1 heterocycles. The quantitative estimate of drug-likeness (QED) is 0.527. The Balaban J connectivity index is 2.65. The van der Waals surface area contributed by atoms with Crippen LogP contribution in [0.4, 0.5) is 4.79 Å². The van der Waals surface area contributed by atoms with E-state index in [-0.39, 0.29) is 9.14 Å². The summed E-state index contributed by atoms with van der Waals surface area (Å²) in [6.45, 7) is 0. The Labute approximate surface area is 61.5 Å². The van der Waals surface area contributed by atoms with Crippen LogP contribution in [0.3, 0.4) is 0 Å². The molecule has 0 aromatic carbocycles. The van der Waals surface area contributed by atoms with Crippen LogP contribution in [-0.2, 0) is 17.1 Å². The van der Waals surface area contributed by atoms with E-state index in [1.165, 1.54) is 0 Å². The summed E-state index contributed by atoms with van der Waals surface area (Å²) in [6, 6.07) is 0. The summed E-state index contributed by atoms with van der Waals surface area (Å²) in [5.74, 6) is 0. The van der Waals surface area contributed by atoms with Gasteiger partial charge >= 0.3 is 61.0 Å². The molecule has 1 amide bonds. The first-order valence-electron chi connectivity index (χ1n) is 2.89. The molecule has 0 saturated carbocycles. The van der Waals surface area contributed by atoms with Gasteiger partial charge in [-0.2, -0.15) is 0 Å². The van der Waals surface area contributed by atoms with Crippen LogP contribution in [-0.4, -0.2) is 21.1 Å². The van der Waals surface area contributed by atoms with Crippen molar-refractivity contribution in [2.24, 2.45) is 5.73 Å². The van der Waals surface area contributed by atoms with Crippen molar-refractivity contribution in [3.8, 4) is 0 Å². The second-order valence-corrected chi connectivity index (χ2v) is 6.32. The summed E-state index contributed by atoms with van der Waals surface area (Å²) < 4.78 is 0.388. The van der Waals surface area contributed by atoms with Gasteiger partial charge in [0.2, 0.25) is 0 Å². The van der Waals surface area contributed by atoms with Crippen molar-refractivity contribution < 1.29 is 21.9 Å². The fourth-order valence-electron chi connectivity index (χ4n) is 0.736. The zero-order chi connectivity index (χ0) is 6.85. The van der Waals surface area contributed by atoms with Crippen LogP contribution < -0.4 is 5.73 Å². The van der Waals surface area contributed by atoms with Gasteiger partial charge in [0.1, 0.15) is 0 Å². The predicted molar refractivity (Wildman–Crippen MR) is 30.3 cm³/mol. The van der Waals surface area contributed by atoms with Gasteiger partial charge in [-0.25, -0.2) is 0 Å². The van der Waals surface area contributed by atoms with Crippen molar-refractivity contribution in [2.45, 2.75) is 4.64 Å². The topological polar surface area (TPSA) is 46.3 Å². The second-order valence-electron chi connectivity index (χ2n) is 2.21. The Morgan fingerprint density at radius 3 is 3.00 bits per heavy atom. The molecular formula is C5H8N2OZn. The van der Waals surface area contributed by atoms with Crippen LogP contribution in [0, 0.1) is 0 Å². The number of rotatable bonds is 0. The first-order chi connectivity index (χ1) is 4.20. The number of nitrogens with zero attached hydrogens (tertiary/aromatic N) is 1. The van der Waals surface area contributed by atoms with Gasteiger partial charge in [-0.3, -0.25) is 0 Å². The van der Waals surface area contributed by atoms with E-state index >= 15 is 0 Å². The number of nitrogens with two attached hydrogens (primary N) is 1. The van der Waals surface area contributed by atoms with Gasteiger partial charge in [0.15, 0.2) is 0 Å². The van der Waals surface area contributed by atoms with Gasteiger partial charge in [-0.1, -0.05) is 0 Å². The molecule has 0 radical (unpaired) electrons. The summed E-state index contributed by atoms with van der Waals surface area (Å²) >= 11 is -1.11. The maximum absolute atomic E-state index is 10.9. The fourth-order valence-corrected chi connectivity index (χ4v) is 2.95. The molecule has 1 unspecified atom stereocenters. The molecule has 0 fully saturated rings. The van der Waals surface area contributed by atoms with Gasteiger partial charge in [0, 0.05) is 0 Å². The van der Waals surface area contributed by atoms with E-state index in [0.717, 1.165) is 0 Å². The van der Waals surface area contributed by atoms with Crippen LogP contribution in [0.15, 0.2) is 12.3 Å². The molecule has 9 heavy (non-hydrogen) atoms. The van der Waals surface area contributed by atoms with Crippen LogP contribution in [0.1, 0.15) is 0 Å². The zero-order valence-corrected chi connectivity index (χ0v) is 8.34. The number of amides is 1. The van der Waals surface area contributed by atoms with E-state index in [2.05, 4.69) is 0 Å². The molecule has 1 rings (SSSR count). The Bertz CT molecular complexity index is 157. The van der Waals surface area contributed by atoms with Crippen LogP contribution in [0.25, 0.3) is 0 Å². The van der Waals surface area contributed by atoms with E-state index in [4.69, 9.17) is 5.73 Å². The molecule has 46 valence electrons. The summed E-state index contributed by atoms with van der Waals surface area (Å²) in [6.07, 6.45) is 3.66. The SMILES string of the molecule is CN1C=C[CH](N)[Zn][C]1=O. The molecule has 3 nitrogen and oxygen atoms in total. The van der Waals surface area contributed by atoms with Gasteiger partial charge in [-0.05, 0) is 0 Å². The summed E-state index contributed by atoms with van der Waals surface area (Å²) in [5, 5.41) is 0. The van der Waals surface area contributed by atoms with E-state index < -0.39 is 17.1 Å². The standard InChI is InChI=1S/C5H8N2O.Zn/c1-7(5-8)4-2-3-6;/h2-4H,6H2,1H3;. The van der Waals surface area contributed by atoms with Crippen LogP contribution in [0.2, 0.25) is 0 Å². The average Bonchev–Trinajstić information content (AvgIpc) is 1.80. The molecule has 2 N–H and O–H groups in total. The Morgan fingerprint density at radius 1 is 1.89 bits per heavy atom. The third-order valence-electron chi connectivity index (χ3n) is 1.36. The van der Waals surface area contributed by atoms with Crippen molar-refractivity contribution in [3.05, 3.63) is 12.3 Å². The summed E-state index contributed by atoms with van der Waals surface area (Å²) in [7, 11) is 1.77. The molecule has 4 heteroatoms. The Kier molecular flexibility index (Phi) is 1.98. The normalized spacial score (nSPS) is 25.3. The molecule has 0 bridgehead atoms. The van der Waals surface area contributed by atoms with E-state index in [1.807, 2.05) is 6.08 Å². The van der Waals surface area contributed by atoms with Crippen LogP contribution >= 0.6 is 0 Å². The van der Waals surface area contributed by atoms with Crippen molar-refractivity contribution in [1.29, 1.82) is 0 Å². The van der Waals surface area contributed by atoms with Gasteiger partial charge in [0.05, 0.1) is 0 Å². The first-order valence-corrected chi connectivity index (χ1v) is 6.09. The molecule has 0 aromatic heterocycles. The van der Waals surface area contributed by atoms with Crippen molar-refractivity contribution in [1.82, 2.24) is 4.90 Å². The van der Waals surface area contributed by atoms with Crippen LogP contribution in [0.5, 0.6) is 0 Å². The number of carbonyl (C=O) groups excluding carboxylic acids is 1. The number of hydrogen-bond acceptors (Lipinski definition) is 2. The maximum atomic E-state index is 10.9. The molecular weight excluding hydrogens is 169 g/mol. The molecule has 1 aliphatic heterocycles. The number of hydrogen-bond donors (Lipinski definition) is 1. The van der Waals surface area contributed by atoms with Gasteiger partial charge < -0.3 is 0 Å². The molecule has 0 spiro atoms. The molecule has 0 saturated heterocycles. The minimum atomic E-state index is -1.11. The third-order valence-corrected chi connectivity index (χ3v) is 4.70. The number of carbonyl (C=O) groups is 1. The molecule has 0 aromatic rings. The van der Waals surface area contributed by atoms with Crippen molar-refractivity contribution >= 4 is 4.50 Å².